The molecule has 7 heteroatoms. The first-order valence-corrected chi connectivity index (χ1v) is 7.86. The Balaban J connectivity index is 1.78. The third-order valence-corrected chi connectivity index (χ3v) is 5.24. The first kappa shape index (κ1) is 16.5. The summed E-state index contributed by atoms with van der Waals surface area (Å²) in [4.78, 5) is 25.4. The van der Waals surface area contributed by atoms with Crippen molar-refractivity contribution in [1.29, 1.82) is 0 Å². The average molecular weight is 337 g/mol. The lowest BCUT2D eigenvalue weighted by atomic mass is 9.90. The lowest BCUT2D eigenvalue weighted by Gasteiger charge is -2.33. The summed E-state index contributed by atoms with van der Waals surface area (Å²) in [5, 5.41) is 9.13. The Bertz CT molecular complexity index is 682. The van der Waals surface area contributed by atoms with Crippen molar-refractivity contribution >= 4 is 11.9 Å². The second kappa shape index (κ2) is 5.96. The van der Waals surface area contributed by atoms with E-state index in [2.05, 4.69) is 0 Å². The summed E-state index contributed by atoms with van der Waals surface area (Å²) >= 11 is 0. The van der Waals surface area contributed by atoms with E-state index in [0.29, 0.717) is 38.1 Å². The van der Waals surface area contributed by atoms with E-state index in [0.717, 1.165) is 0 Å². The number of likely N-dealkylation sites (tertiary alicyclic amines) is 1. The zero-order chi connectivity index (χ0) is 17.5. The second-order valence-corrected chi connectivity index (χ2v) is 6.41. The Labute approximate surface area is 139 Å². The van der Waals surface area contributed by atoms with Gasteiger partial charge in [-0.1, -0.05) is 0 Å². The molecule has 1 amide bonds. The Morgan fingerprint density at radius 1 is 1.25 bits per heavy atom. The fraction of sp³-hybridized carbons (Fsp3) is 0.529. The van der Waals surface area contributed by atoms with Crippen LogP contribution in [0, 0.1) is 17.2 Å². The highest BCUT2D eigenvalue weighted by Gasteiger charge is 2.59. The van der Waals surface area contributed by atoms with Crippen molar-refractivity contribution in [2.24, 2.45) is 11.3 Å². The number of aliphatic carboxylic acids is 1. The number of hydrogen-bond acceptors (Lipinski definition) is 4. The lowest BCUT2D eigenvalue weighted by molar-refractivity contribution is -0.139. The molecular weight excluding hydrogens is 317 g/mol. The van der Waals surface area contributed by atoms with Crippen LogP contribution < -0.4 is 9.47 Å². The maximum atomic E-state index is 14.2. The number of hydrogen-bond donors (Lipinski definition) is 1. The van der Waals surface area contributed by atoms with Crippen molar-refractivity contribution in [3.8, 4) is 11.5 Å². The predicted molar refractivity (Wildman–Crippen MR) is 82.8 cm³/mol. The van der Waals surface area contributed by atoms with E-state index in [1.807, 2.05) is 0 Å². The molecule has 1 aromatic rings. The monoisotopic (exact) mass is 337 g/mol. The molecule has 2 fully saturated rings. The highest BCUT2D eigenvalue weighted by Crippen LogP contribution is 2.59. The molecule has 1 unspecified atom stereocenters. The molecule has 1 saturated heterocycles. The standard InChI is InChI=1S/C17H20FNO5/c1-23-12-4-3-11(18)13(14(12)24-2)15(20)19-7-5-17(6-8-19)9-10(17)16(21)22/h3-4,10H,5-9H2,1-2H3,(H,21,22). The van der Waals surface area contributed by atoms with Gasteiger partial charge in [0.25, 0.3) is 5.91 Å². The number of piperidine rings is 1. The summed E-state index contributed by atoms with van der Waals surface area (Å²) in [6, 6.07) is 2.60. The number of amides is 1. The van der Waals surface area contributed by atoms with Crippen LogP contribution in [0.15, 0.2) is 12.1 Å². The van der Waals surface area contributed by atoms with Crippen molar-refractivity contribution in [2.45, 2.75) is 19.3 Å². The van der Waals surface area contributed by atoms with E-state index in [4.69, 9.17) is 14.6 Å². The molecule has 1 N–H and O–H groups in total. The molecule has 3 rings (SSSR count). The van der Waals surface area contributed by atoms with Crippen LogP contribution in [0.5, 0.6) is 11.5 Å². The Morgan fingerprint density at radius 2 is 1.92 bits per heavy atom. The molecule has 1 spiro atoms. The van der Waals surface area contributed by atoms with Crippen LogP contribution in [-0.2, 0) is 4.79 Å². The van der Waals surface area contributed by atoms with Crippen molar-refractivity contribution in [2.75, 3.05) is 27.3 Å². The Kier molecular flexibility index (Phi) is 4.11. The topological polar surface area (TPSA) is 76.1 Å². The number of rotatable bonds is 4. The smallest absolute Gasteiger partial charge is 0.307 e. The van der Waals surface area contributed by atoms with E-state index in [1.54, 1.807) is 4.90 Å². The van der Waals surface area contributed by atoms with Crippen molar-refractivity contribution in [1.82, 2.24) is 4.90 Å². The van der Waals surface area contributed by atoms with Gasteiger partial charge >= 0.3 is 5.97 Å². The number of methoxy groups -OCH3 is 2. The van der Waals surface area contributed by atoms with Gasteiger partial charge in [0, 0.05) is 13.1 Å². The molecule has 0 aromatic heterocycles. The summed E-state index contributed by atoms with van der Waals surface area (Å²) in [5.74, 6) is -1.81. The minimum absolute atomic E-state index is 0.0811. The largest absolute Gasteiger partial charge is 0.493 e. The summed E-state index contributed by atoms with van der Waals surface area (Å²) in [5.41, 5.74) is -0.321. The third-order valence-electron chi connectivity index (χ3n) is 5.24. The molecule has 1 saturated carbocycles. The summed E-state index contributed by atoms with van der Waals surface area (Å²) in [7, 11) is 2.79. The number of carboxylic acids is 1. The van der Waals surface area contributed by atoms with E-state index >= 15 is 0 Å². The first-order chi connectivity index (χ1) is 11.4. The zero-order valence-corrected chi connectivity index (χ0v) is 13.7. The van der Waals surface area contributed by atoms with Gasteiger partial charge in [-0.3, -0.25) is 9.59 Å². The average Bonchev–Trinajstić information content (AvgIpc) is 3.28. The number of ether oxygens (including phenoxy) is 2. The second-order valence-electron chi connectivity index (χ2n) is 6.41. The van der Waals surface area contributed by atoms with Gasteiger partial charge in [-0.2, -0.15) is 0 Å². The van der Waals surface area contributed by atoms with Gasteiger partial charge < -0.3 is 19.5 Å². The van der Waals surface area contributed by atoms with Crippen LogP contribution in [0.4, 0.5) is 4.39 Å². The summed E-state index contributed by atoms with van der Waals surface area (Å²) < 4.78 is 24.5. The number of nitrogens with zero attached hydrogens (tertiary/aromatic N) is 1. The molecule has 130 valence electrons. The maximum absolute atomic E-state index is 14.2. The fourth-order valence-corrected chi connectivity index (χ4v) is 3.66. The number of carbonyl (C=O) groups is 2. The number of benzene rings is 1. The minimum atomic E-state index is -0.768. The van der Waals surface area contributed by atoms with Gasteiger partial charge in [-0.25, -0.2) is 4.39 Å². The summed E-state index contributed by atoms with van der Waals surface area (Å²) in [6.45, 7) is 0.838. The molecule has 2 aliphatic rings. The Hall–Kier alpha value is -2.31. The fourth-order valence-electron chi connectivity index (χ4n) is 3.66. The zero-order valence-electron chi connectivity index (χ0n) is 13.7. The first-order valence-electron chi connectivity index (χ1n) is 7.86. The molecular formula is C17H20FNO5. The Morgan fingerprint density at radius 3 is 2.42 bits per heavy atom. The van der Waals surface area contributed by atoms with Gasteiger partial charge in [0.15, 0.2) is 11.5 Å². The van der Waals surface area contributed by atoms with Crippen LogP contribution >= 0.6 is 0 Å². The van der Waals surface area contributed by atoms with Gasteiger partial charge in [0.1, 0.15) is 11.4 Å². The number of carbonyl (C=O) groups excluding carboxylic acids is 1. The van der Waals surface area contributed by atoms with Gasteiger partial charge in [0.2, 0.25) is 0 Å². The molecule has 0 bridgehead atoms. The van der Waals surface area contributed by atoms with Gasteiger partial charge in [-0.05, 0) is 36.8 Å². The molecule has 24 heavy (non-hydrogen) atoms. The van der Waals surface area contributed by atoms with E-state index in [1.165, 1.54) is 26.4 Å². The SMILES string of the molecule is COc1ccc(F)c(C(=O)N2CCC3(CC2)CC3C(=O)O)c1OC. The van der Waals surface area contributed by atoms with Crippen LogP contribution in [-0.4, -0.2) is 49.2 Å². The van der Waals surface area contributed by atoms with Crippen molar-refractivity contribution in [3.63, 3.8) is 0 Å². The molecule has 6 nitrogen and oxygen atoms in total. The van der Waals surface area contributed by atoms with Crippen molar-refractivity contribution < 1.29 is 28.6 Å². The van der Waals surface area contributed by atoms with Crippen LogP contribution in [0.3, 0.4) is 0 Å². The minimum Gasteiger partial charge on any atom is -0.493 e. The molecule has 1 atom stereocenters. The van der Waals surface area contributed by atoms with Crippen molar-refractivity contribution in [3.05, 3.63) is 23.5 Å². The van der Waals surface area contributed by atoms with E-state index in [-0.39, 0.29) is 22.6 Å². The normalized spacial score (nSPS) is 21.5. The lowest BCUT2D eigenvalue weighted by Crippen LogP contribution is -2.40. The molecule has 1 aliphatic carbocycles. The predicted octanol–water partition coefficient (Wildman–Crippen LogP) is 2.17. The van der Waals surface area contributed by atoms with Gasteiger partial charge in [0.05, 0.1) is 20.1 Å². The number of halogens is 1. The van der Waals surface area contributed by atoms with Crippen LogP contribution in [0.25, 0.3) is 0 Å². The van der Waals surface area contributed by atoms with E-state index in [9.17, 15) is 14.0 Å². The molecule has 1 aliphatic heterocycles. The molecule has 1 heterocycles. The third kappa shape index (κ3) is 2.57. The molecule has 0 radical (unpaired) electrons. The van der Waals surface area contributed by atoms with E-state index < -0.39 is 17.7 Å². The molecule has 1 aromatic carbocycles. The quantitative estimate of drug-likeness (QED) is 0.911. The highest BCUT2D eigenvalue weighted by molar-refractivity contribution is 5.98. The van der Waals surface area contributed by atoms with Crippen LogP contribution in [0.1, 0.15) is 29.6 Å². The summed E-state index contributed by atoms with van der Waals surface area (Å²) in [6.07, 6.45) is 1.93. The van der Waals surface area contributed by atoms with Crippen LogP contribution in [0.2, 0.25) is 0 Å². The maximum Gasteiger partial charge on any atom is 0.307 e. The van der Waals surface area contributed by atoms with Gasteiger partial charge in [-0.15, -0.1) is 0 Å². The number of carboxylic acid groups (broad SMARTS) is 1. The highest BCUT2D eigenvalue weighted by atomic mass is 19.1.